The summed E-state index contributed by atoms with van der Waals surface area (Å²) < 4.78 is 0. The minimum atomic E-state index is -0.922. The molecule has 1 saturated carbocycles. The van der Waals surface area contributed by atoms with Crippen molar-refractivity contribution < 1.29 is 9.59 Å². The number of carbonyl (C=O) groups is 2. The molecule has 1 aliphatic carbocycles. The van der Waals surface area contributed by atoms with Gasteiger partial charge in [0.1, 0.15) is 17.0 Å². The Morgan fingerprint density at radius 2 is 1.91 bits per heavy atom. The highest BCUT2D eigenvalue weighted by molar-refractivity contribution is 6.09. The van der Waals surface area contributed by atoms with Crippen LogP contribution in [0, 0.1) is 22.7 Å². The Morgan fingerprint density at radius 3 is 2.00 bits per heavy atom. The van der Waals surface area contributed by atoms with Crippen LogP contribution in [0.5, 0.6) is 0 Å². The zero-order valence-corrected chi connectivity index (χ0v) is 6.55. The lowest BCUT2D eigenvalue weighted by Gasteiger charge is -2.04. The monoisotopic (exact) mass is 151 g/mol. The van der Waals surface area contributed by atoms with Crippen molar-refractivity contribution in [3.63, 3.8) is 0 Å². The number of rotatable bonds is 2. The van der Waals surface area contributed by atoms with E-state index in [1.165, 1.54) is 13.8 Å². The number of Topliss-reactive ketones (excluding diaryl/α,β-unsaturated/α-hetero) is 2. The summed E-state index contributed by atoms with van der Waals surface area (Å²) in [6.45, 7) is 2.75. The molecule has 0 saturated heterocycles. The first-order valence-electron chi connectivity index (χ1n) is 3.47. The van der Waals surface area contributed by atoms with E-state index in [9.17, 15) is 9.59 Å². The normalized spacial score (nSPS) is 25.4. The molecule has 0 heterocycles. The van der Waals surface area contributed by atoms with Gasteiger partial charge in [-0.2, -0.15) is 5.26 Å². The molecule has 0 spiro atoms. The van der Waals surface area contributed by atoms with Gasteiger partial charge in [0, 0.05) is 0 Å². The molecule has 1 unspecified atom stereocenters. The molecule has 0 aliphatic heterocycles. The van der Waals surface area contributed by atoms with Gasteiger partial charge in [0.15, 0.2) is 0 Å². The fraction of sp³-hybridized carbons (Fsp3) is 0.625. The van der Waals surface area contributed by atoms with E-state index < -0.39 is 5.41 Å². The fourth-order valence-electron chi connectivity index (χ4n) is 1.44. The SMILES string of the molecule is CC(=O)C1(C(C)=O)CC1C#N. The summed E-state index contributed by atoms with van der Waals surface area (Å²) in [6.07, 6.45) is 0.425. The molecule has 3 nitrogen and oxygen atoms in total. The largest absolute Gasteiger partial charge is 0.299 e. The lowest BCUT2D eigenvalue weighted by atomic mass is 9.95. The Kier molecular flexibility index (Phi) is 1.56. The van der Waals surface area contributed by atoms with Crippen molar-refractivity contribution in [2.24, 2.45) is 11.3 Å². The minimum absolute atomic E-state index is 0.170. The highest BCUT2D eigenvalue weighted by atomic mass is 16.2. The Bertz CT molecular complexity index is 248. The second-order valence-corrected chi connectivity index (χ2v) is 2.97. The molecule has 0 aromatic carbocycles. The number of nitriles is 1. The number of ketones is 2. The Morgan fingerprint density at radius 1 is 1.45 bits per heavy atom. The molecule has 3 heteroatoms. The van der Waals surface area contributed by atoms with Gasteiger partial charge in [-0.3, -0.25) is 9.59 Å². The van der Waals surface area contributed by atoms with E-state index in [-0.39, 0.29) is 17.5 Å². The number of hydrogen-bond acceptors (Lipinski definition) is 3. The highest BCUT2D eigenvalue weighted by Crippen LogP contribution is 2.53. The molecule has 11 heavy (non-hydrogen) atoms. The second kappa shape index (κ2) is 2.16. The van der Waals surface area contributed by atoms with Gasteiger partial charge in [0.25, 0.3) is 0 Å². The lowest BCUT2D eigenvalue weighted by molar-refractivity contribution is -0.132. The maximum Gasteiger partial charge on any atom is 0.144 e. The van der Waals surface area contributed by atoms with Crippen molar-refractivity contribution >= 4 is 11.6 Å². The summed E-state index contributed by atoms with van der Waals surface area (Å²) in [5.74, 6) is -0.703. The van der Waals surface area contributed by atoms with Gasteiger partial charge in [-0.25, -0.2) is 0 Å². The smallest absolute Gasteiger partial charge is 0.144 e. The van der Waals surface area contributed by atoms with E-state index in [0.29, 0.717) is 6.42 Å². The third-order valence-corrected chi connectivity index (χ3v) is 2.37. The van der Waals surface area contributed by atoms with Crippen LogP contribution in [0.2, 0.25) is 0 Å². The van der Waals surface area contributed by atoms with Gasteiger partial charge in [-0.05, 0) is 20.3 Å². The van der Waals surface area contributed by atoms with Crippen LogP contribution in [-0.4, -0.2) is 11.6 Å². The third-order valence-electron chi connectivity index (χ3n) is 2.37. The van der Waals surface area contributed by atoms with Crippen molar-refractivity contribution in [1.29, 1.82) is 5.26 Å². The van der Waals surface area contributed by atoms with E-state index in [1.54, 1.807) is 0 Å². The second-order valence-electron chi connectivity index (χ2n) is 2.97. The molecule has 0 radical (unpaired) electrons. The molecule has 1 atom stereocenters. The van der Waals surface area contributed by atoms with Crippen LogP contribution >= 0.6 is 0 Å². The van der Waals surface area contributed by atoms with Crippen molar-refractivity contribution in [3.8, 4) is 6.07 Å². The van der Waals surface area contributed by atoms with Gasteiger partial charge in [0.05, 0.1) is 12.0 Å². The van der Waals surface area contributed by atoms with E-state index >= 15 is 0 Å². The van der Waals surface area contributed by atoms with Crippen LogP contribution in [-0.2, 0) is 9.59 Å². The first-order valence-corrected chi connectivity index (χ1v) is 3.47. The molecule has 0 aromatic rings. The highest BCUT2D eigenvalue weighted by Gasteiger charge is 2.62. The van der Waals surface area contributed by atoms with Gasteiger partial charge < -0.3 is 0 Å². The van der Waals surface area contributed by atoms with E-state index in [4.69, 9.17) is 5.26 Å². The van der Waals surface area contributed by atoms with Crippen molar-refractivity contribution in [2.75, 3.05) is 0 Å². The quantitative estimate of drug-likeness (QED) is 0.545. The van der Waals surface area contributed by atoms with Crippen LogP contribution in [0.4, 0.5) is 0 Å². The van der Waals surface area contributed by atoms with Gasteiger partial charge in [-0.1, -0.05) is 0 Å². The first-order chi connectivity index (χ1) is 5.05. The van der Waals surface area contributed by atoms with Crippen LogP contribution in [0.25, 0.3) is 0 Å². The summed E-state index contributed by atoms with van der Waals surface area (Å²) in [5.41, 5.74) is -0.922. The number of carbonyl (C=O) groups excluding carboxylic acids is 2. The topological polar surface area (TPSA) is 57.9 Å². The maximum atomic E-state index is 11.0. The minimum Gasteiger partial charge on any atom is -0.299 e. The van der Waals surface area contributed by atoms with Gasteiger partial charge in [0.2, 0.25) is 0 Å². The predicted octanol–water partition coefficient (Wildman–Crippen LogP) is 0.694. The third kappa shape index (κ3) is 0.864. The van der Waals surface area contributed by atoms with E-state index in [1.807, 2.05) is 6.07 Å². The molecule has 0 amide bonds. The molecular weight excluding hydrogens is 142 g/mol. The number of hydrogen-bond donors (Lipinski definition) is 0. The van der Waals surface area contributed by atoms with E-state index in [2.05, 4.69) is 0 Å². The van der Waals surface area contributed by atoms with Crippen LogP contribution in [0.1, 0.15) is 20.3 Å². The molecule has 58 valence electrons. The molecule has 0 N–H and O–H groups in total. The van der Waals surface area contributed by atoms with Crippen LogP contribution in [0.3, 0.4) is 0 Å². The Balaban J connectivity index is 2.90. The predicted molar refractivity (Wildman–Crippen MR) is 37.5 cm³/mol. The molecule has 1 fully saturated rings. The lowest BCUT2D eigenvalue weighted by Crippen LogP contribution is -2.23. The van der Waals surface area contributed by atoms with Gasteiger partial charge >= 0.3 is 0 Å². The zero-order chi connectivity index (χ0) is 8.65. The summed E-state index contributed by atoms with van der Waals surface area (Å²) in [7, 11) is 0. The van der Waals surface area contributed by atoms with Crippen molar-refractivity contribution in [1.82, 2.24) is 0 Å². The van der Waals surface area contributed by atoms with Gasteiger partial charge in [-0.15, -0.1) is 0 Å². The average Bonchev–Trinajstić information content (AvgIpc) is 2.61. The van der Waals surface area contributed by atoms with Crippen molar-refractivity contribution in [3.05, 3.63) is 0 Å². The number of nitrogens with zero attached hydrogens (tertiary/aromatic N) is 1. The molecular formula is C8H9NO2. The van der Waals surface area contributed by atoms with E-state index in [0.717, 1.165) is 0 Å². The summed E-state index contributed by atoms with van der Waals surface area (Å²) in [5, 5.41) is 8.48. The molecule has 1 rings (SSSR count). The summed E-state index contributed by atoms with van der Waals surface area (Å²) in [4.78, 5) is 21.9. The average molecular weight is 151 g/mol. The summed E-state index contributed by atoms with van der Waals surface area (Å²) in [6, 6.07) is 1.95. The summed E-state index contributed by atoms with van der Waals surface area (Å²) >= 11 is 0. The Hall–Kier alpha value is -1.17. The standard InChI is InChI=1S/C8H9NO2/c1-5(10)8(6(2)11)3-7(8)4-9/h7H,3H2,1-2H3. The Labute approximate surface area is 65.0 Å². The maximum absolute atomic E-state index is 11.0. The van der Waals surface area contributed by atoms with Crippen LogP contribution in [0.15, 0.2) is 0 Å². The molecule has 0 bridgehead atoms. The molecule has 0 aromatic heterocycles. The zero-order valence-electron chi connectivity index (χ0n) is 6.55. The van der Waals surface area contributed by atoms with Crippen LogP contribution < -0.4 is 0 Å². The first kappa shape index (κ1) is 7.93. The molecule has 1 aliphatic rings. The fourth-order valence-corrected chi connectivity index (χ4v) is 1.44. The van der Waals surface area contributed by atoms with Crippen molar-refractivity contribution in [2.45, 2.75) is 20.3 Å².